The normalized spacial score (nSPS) is 22.6. The molecule has 9 heteroatoms. The largest absolute Gasteiger partial charge is 0.365 e. The number of hydrogen-bond donors (Lipinski definition) is 2. The van der Waals surface area contributed by atoms with Crippen molar-refractivity contribution in [2.24, 2.45) is 0 Å². The minimum atomic E-state index is -0.588. The molecule has 4 rings (SSSR count). The Morgan fingerprint density at radius 1 is 1.45 bits per heavy atom. The lowest BCUT2D eigenvalue weighted by molar-refractivity contribution is -0.149. The van der Waals surface area contributed by atoms with Gasteiger partial charge in [-0.05, 0) is 58.8 Å². The Balaban J connectivity index is 1.60. The summed E-state index contributed by atoms with van der Waals surface area (Å²) in [6.07, 6.45) is 2.33. The molecule has 8 nitrogen and oxygen atoms in total. The van der Waals surface area contributed by atoms with Gasteiger partial charge in [-0.3, -0.25) is 4.79 Å². The monoisotopic (exact) mass is 432 g/mol. The topological polar surface area (TPSA) is 84.3 Å². The summed E-state index contributed by atoms with van der Waals surface area (Å²) in [5.74, 6) is -0.0437. The van der Waals surface area contributed by atoms with Crippen molar-refractivity contribution in [2.45, 2.75) is 63.9 Å². The van der Waals surface area contributed by atoms with Gasteiger partial charge in [-0.25, -0.2) is 14.1 Å². The van der Waals surface area contributed by atoms with Crippen molar-refractivity contribution in [3.05, 3.63) is 23.5 Å². The molecule has 0 spiro atoms. The number of hydrogen-bond acceptors (Lipinski definition) is 6. The van der Waals surface area contributed by atoms with E-state index >= 15 is 0 Å². The lowest BCUT2D eigenvalue weighted by Gasteiger charge is -2.35. The average Bonchev–Trinajstić information content (AvgIpc) is 3.55. The molecule has 0 unspecified atom stereocenters. The van der Waals surface area contributed by atoms with Crippen LogP contribution in [-0.4, -0.2) is 77.2 Å². The van der Waals surface area contributed by atoms with E-state index in [9.17, 15) is 9.18 Å². The molecule has 31 heavy (non-hydrogen) atoms. The zero-order chi connectivity index (χ0) is 22.0. The summed E-state index contributed by atoms with van der Waals surface area (Å²) >= 11 is 0. The number of ether oxygens (including phenoxy) is 1. The van der Waals surface area contributed by atoms with Crippen molar-refractivity contribution in [3.63, 3.8) is 0 Å². The summed E-state index contributed by atoms with van der Waals surface area (Å²) in [6, 6.07) is 3.73. The third kappa shape index (κ3) is 4.73. The SMILES string of the molecule is CNCCCn1nc([C@@H](C)N(C(=O)[C@H]2CN[C@@H](CF)CO2)C2CC2)c2ccc(C)nc21. The molecule has 0 radical (unpaired) electrons. The van der Waals surface area contributed by atoms with E-state index in [1.54, 1.807) is 0 Å². The van der Waals surface area contributed by atoms with Crippen LogP contribution < -0.4 is 10.6 Å². The molecule has 2 aromatic heterocycles. The lowest BCUT2D eigenvalue weighted by Crippen LogP contribution is -2.54. The number of aryl methyl sites for hydroxylation is 2. The minimum Gasteiger partial charge on any atom is -0.365 e. The number of nitrogens with zero attached hydrogens (tertiary/aromatic N) is 4. The van der Waals surface area contributed by atoms with E-state index in [0.29, 0.717) is 6.54 Å². The van der Waals surface area contributed by atoms with Gasteiger partial charge in [0.25, 0.3) is 5.91 Å². The highest BCUT2D eigenvalue weighted by atomic mass is 19.1. The third-order valence-corrected chi connectivity index (χ3v) is 6.12. The fourth-order valence-corrected chi connectivity index (χ4v) is 4.26. The average molecular weight is 433 g/mol. The van der Waals surface area contributed by atoms with Gasteiger partial charge in [0, 0.05) is 30.2 Å². The number of carbonyl (C=O) groups is 1. The molecule has 1 amide bonds. The highest BCUT2D eigenvalue weighted by molar-refractivity contribution is 5.84. The molecule has 1 aliphatic carbocycles. The standard InChI is InChI=1S/C22H33FN6O2/c1-14-5-8-18-20(27-28(21(18)26-14)10-4-9-24-3)15(2)29(17-6-7-17)22(30)19-12-25-16(11-23)13-31-19/h5,8,15-17,19,24-25H,4,6-7,9-13H2,1-3H3/t15-,16+,19-/m1/s1. The van der Waals surface area contributed by atoms with E-state index in [0.717, 1.165) is 54.8 Å². The first-order valence-corrected chi connectivity index (χ1v) is 11.2. The first kappa shape index (κ1) is 22.1. The van der Waals surface area contributed by atoms with Crippen LogP contribution in [0, 0.1) is 6.92 Å². The number of amides is 1. The second-order valence-corrected chi connectivity index (χ2v) is 8.62. The molecule has 2 aromatic rings. The van der Waals surface area contributed by atoms with Gasteiger partial charge in [-0.2, -0.15) is 5.10 Å². The van der Waals surface area contributed by atoms with Crippen LogP contribution >= 0.6 is 0 Å². The zero-order valence-corrected chi connectivity index (χ0v) is 18.6. The van der Waals surface area contributed by atoms with Gasteiger partial charge in [0.1, 0.15) is 12.8 Å². The van der Waals surface area contributed by atoms with E-state index in [4.69, 9.17) is 14.8 Å². The van der Waals surface area contributed by atoms with Crippen molar-refractivity contribution in [2.75, 3.05) is 33.4 Å². The second-order valence-electron chi connectivity index (χ2n) is 8.62. The van der Waals surface area contributed by atoms with E-state index < -0.39 is 12.8 Å². The van der Waals surface area contributed by atoms with Crippen molar-refractivity contribution in [1.82, 2.24) is 30.3 Å². The molecule has 3 heterocycles. The van der Waals surface area contributed by atoms with Crippen molar-refractivity contribution in [3.8, 4) is 0 Å². The quantitative estimate of drug-likeness (QED) is 0.587. The molecule has 1 saturated heterocycles. The number of aromatic nitrogens is 3. The fraction of sp³-hybridized carbons (Fsp3) is 0.682. The highest BCUT2D eigenvalue weighted by Crippen LogP contribution is 2.37. The third-order valence-electron chi connectivity index (χ3n) is 6.12. The Kier molecular flexibility index (Phi) is 6.83. The smallest absolute Gasteiger partial charge is 0.253 e. The summed E-state index contributed by atoms with van der Waals surface area (Å²) in [5, 5.41) is 12.1. The second kappa shape index (κ2) is 9.58. The molecule has 1 saturated carbocycles. The van der Waals surface area contributed by atoms with E-state index in [1.165, 1.54) is 0 Å². The summed E-state index contributed by atoms with van der Waals surface area (Å²) in [6.45, 7) is 5.74. The molecule has 3 atom stereocenters. The predicted octanol–water partition coefficient (Wildman–Crippen LogP) is 1.73. The first-order chi connectivity index (χ1) is 15.0. The summed E-state index contributed by atoms with van der Waals surface area (Å²) in [4.78, 5) is 20.1. The van der Waals surface area contributed by atoms with Crippen LogP contribution in [0.25, 0.3) is 11.0 Å². The van der Waals surface area contributed by atoms with E-state index in [1.807, 2.05) is 36.5 Å². The summed E-state index contributed by atoms with van der Waals surface area (Å²) < 4.78 is 20.6. The van der Waals surface area contributed by atoms with Crippen LogP contribution in [0.1, 0.15) is 43.6 Å². The number of fused-ring (bicyclic) bond motifs is 1. The molecular weight excluding hydrogens is 399 g/mol. The Morgan fingerprint density at radius 3 is 2.90 bits per heavy atom. The Labute approximate surface area is 182 Å². The molecule has 0 aromatic carbocycles. The fourth-order valence-electron chi connectivity index (χ4n) is 4.26. The number of nitrogens with one attached hydrogen (secondary N) is 2. The Morgan fingerprint density at radius 2 is 2.26 bits per heavy atom. The maximum absolute atomic E-state index is 13.4. The van der Waals surface area contributed by atoms with Crippen LogP contribution in [-0.2, 0) is 16.1 Å². The van der Waals surface area contributed by atoms with Crippen molar-refractivity contribution >= 4 is 16.9 Å². The van der Waals surface area contributed by atoms with Crippen LogP contribution in [0.15, 0.2) is 12.1 Å². The molecule has 2 N–H and O–H groups in total. The molecule has 0 bridgehead atoms. The van der Waals surface area contributed by atoms with Gasteiger partial charge >= 0.3 is 0 Å². The maximum Gasteiger partial charge on any atom is 0.253 e. The van der Waals surface area contributed by atoms with Gasteiger partial charge in [0.05, 0.1) is 24.4 Å². The highest BCUT2D eigenvalue weighted by Gasteiger charge is 2.41. The predicted molar refractivity (Wildman–Crippen MR) is 117 cm³/mol. The van der Waals surface area contributed by atoms with Gasteiger partial charge in [-0.15, -0.1) is 0 Å². The van der Waals surface area contributed by atoms with Gasteiger partial charge < -0.3 is 20.3 Å². The molecule has 2 aliphatic rings. The minimum absolute atomic E-state index is 0.0437. The number of carbonyl (C=O) groups excluding carboxylic acids is 1. The first-order valence-electron chi connectivity index (χ1n) is 11.2. The molecule has 1 aliphatic heterocycles. The Bertz CT molecular complexity index is 907. The number of alkyl halides is 1. The number of halogens is 1. The number of rotatable bonds is 9. The summed E-state index contributed by atoms with van der Waals surface area (Å²) in [5.41, 5.74) is 2.68. The maximum atomic E-state index is 13.4. The summed E-state index contributed by atoms with van der Waals surface area (Å²) in [7, 11) is 1.94. The van der Waals surface area contributed by atoms with E-state index in [2.05, 4.69) is 16.7 Å². The van der Waals surface area contributed by atoms with Crippen LogP contribution in [0.4, 0.5) is 4.39 Å². The number of pyridine rings is 1. The van der Waals surface area contributed by atoms with Crippen LogP contribution in [0.5, 0.6) is 0 Å². The molecule has 2 fully saturated rings. The Hall–Kier alpha value is -2.10. The molecular formula is C22H33FN6O2. The lowest BCUT2D eigenvalue weighted by atomic mass is 10.1. The van der Waals surface area contributed by atoms with Gasteiger partial charge in [0.2, 0.25) is 0 Å². The van der Waals surface area contributed by atoms with Crippen LogP contribution in [0.2, 0.25) is 0 Å². The van der Waals surface area contributed by atoms with Crippen molar-refractivity contribution in [1.29, 1.82) is 0 Å². The van der Waals surface area contributed by atoms with Crippen LogP contribution in [0.3, 0.4) is 0 Å². The van der Waals surface area contributed by atoms with Gasteiger partial charge in [-0.1, -0.05) is 0 Å². The van der Waals surface area contributed by atoms with Gasteiger partial charge in [0.15, 0.2) is 5.65 Å². The van der Waals surface area contributed by atoms with E-state index in [-0.39, 0.29) is 30.6 Å². The van der Waals surface area contributed by atoms with Crippen molar-refractivity contribution < 1.29 is 13.9 Å². The molecule has 170 valence electrons. The number of morpholine rings is 1. The zero-order valence-electron chi connectivity index (χ0n) is 18.6.